The van der Waals surface area contributed by atoms with Crippen LogP contribution >= 0.6 is 0 Å². The Hall–Kier alpha value is -4.34. The molecule has 6 rings (SSSR count). The number of rotatable bonds is 9. The quantitative estimate of drug-likeness (QED) is 0.336. The van der Waals surface area contributed by atoms with Crippen molar-refractivity contribution in [1.29, 1.82) is 5.26 Å². The van der Waals surface area contributed by atoms with Gasteiger partial charge in [-0.25, -0.2) is 23.7 Å². The molecule has 3 aromatic heterocycles. The van der Waals surface area contributed by atoms with Crippen LogP contribution in [0.5, 0.6) is 5.88 Å². The first-order valence-corrected chi connectivity index (χ1v) is 13.3. The first-order chi connectivity index (χ1) is 19.5. The molecule has 0 aliphatic carbocycles. The van der Waals surface area contributed by atoms with E-state index in [9.17, 15) is 14.3 Å². The molecule has 2 aliphatic rings. The van der Waals surface area contributed by atoms with Crippen LogP contribution in [0.25, 0.3) is 5.78 Å². The second-order valence-electron chi connectivity index (χ2n) is 10.1. The van der Waals surface area contributed by atoms with Gasteiger partial charge in [-0.1, -0.05) is 12.1 Å². The number of carboxylic acids is 1. The number of pyridine rings is 1. The number of fused-ring (bicyclic) bond motifs is 1. The Morgan fingerprint density at radius 3 is 2.73 bits per heavy atom. The number of carbonyl (C=O) groups is 1. The topological polar surface area (TPSA) is 131 Å². The number of carboxylic acid groups (broad SMARTS) is 1. The van der Waals surface area contributed by atoms with Crippen molar-refractivity contribution in [1.82, 2.24) is 29.0 Å². The molecule has 2 aliphatic heterocycles. The third-order valence-corrected chi connectivity index (χ3v) is 7.55. The van der Waals surface area contributed by atoms with Crippen molar-refractivity contribution < 1.29 is 23.8 Å². The predicted molar refractivity (Wildman–Crippen MR) is 139 cm³/mol. The Labute approximate surface area is 229 Å². The number of hydrogen-bond donors (Lipinski definition) is 1. The predicted octanol–water partition coefficient (Wildman–Crippen LogP) is 3.38. The van der Waals surface area contributed by atoms with Crippen LogP contribution in [-0.2, 0) is 24.4 Å². The van der Waals surface area contributed by atoms with Crippen LogP contribution in [0.3, 0.4) is 0 Å². The zero-order valence-corrected chi connectivity index (χ0v) is 21.7. The second-order valence-corrected chi connectivity index (χ2v) is 10.1. The van der Waals surface area contributed by atoms with Crippen LogP contribution in [0, 0.1) is 17.1 Å². The highest BCUT2D eigenvalue weighted by atomic mass is 19.1. The number of hydrogen-bond acceptors (Lipinski definition) is 8. The molecule has 1 unspecified atom stereocenters. The fourth-order valence-corrected chi connectivity index (χ4v) is 5.22. The number of piperidine rings is 1. The van der Waals surface area contributed by atoms with Gasteiger partial charge in [0.15, 0.2) is 5.69 Å². The van der Waals surface area contributed by atoms with E-state index < -0.39 is 11.8 Å². The summed E-state index contributed by atoms with van der Waals surface area (Å²) >= 11 is 0. The molecular formula is C28H28FN7O4. The van der Waals surface area contributed by atoms with Gasteiger partial charge < -0.3 is 14.6 Å². The van der Waals surface area contributed by atoms with Crippen molar-refractivity contribution in [2.45, 2.75) is 51.0 Å². The number of likely N-dealkylation sites (tertiary alicyclic amines) is 1. The largest absolute Gasteiger partial charge is 0.476 e. The van der Waals surface area contributed by atoms with Crippen LogP contribution in [0.2, 0.25) is 0 Å². The van der Waals surface area contributed by atoms with Gasteiger partial charge in [0.05, 0.1) is 37.0 Å². The Morgan fingerprint density at radius 1 is 1.20 bits per heavy atom. The summed E-state index contributed by atoms with van der Waals surface area (Å²) in [5, 5.41) is 18.5. The molecule has 1 N–H and O–H groups in total. The van der Waals surface area contributed by atoms with E-state index in [1.807, 2.05) is 22.9 Å². The molecule has 1 aromatic carbocycles. The van der Waals surface area contributed by atoms with E-state index in [1.54, 1.807) is 22.7 Å². The summed E-state index contributed by atoms with van der Waals surface area (Å²) < 4.78 is 29.1. The highest BCUT2D eigenvalue weighted by Gasteiger charge is 2.28. The van der Waals surface area contributed by atoms with Crippen LogP contribution in [-0.4, -0.2) is 65.9 Å². The van der Waals surface area contributed by atoms with E-state index in [2.05, 4.69) is 19.9 Å². The van der Waals surface area contributed by atoms with Crippen molar-refractivity contribution in [2.75, 3.05) is 19.7 Å². The summed E-state index contributed by atoms with van der Waals surface area (Å²) in [6.07, 6.45) is 4.10. The van der Waals surface area contributed by atoms with Crippen molar-refractivity contribution in [3.8, 4) is 11.9 Å². The summed E-state index contributed by atoms with van der Waals surface area (Å²) in [6, 6.07) is 11.9. The molecule has 0 spiro atoms. The molecule has 1 atom stereocenters. The lowest BCUT2D eigenvalue weighted by atomic mass is 9.93. The highest BCUT2D eigenvalue weighted by molar-refractivity contribution is 5.86. The molecule has 0 amide bonds. The number of nitrogens with zero attached hydrogens (tertiary/aromatic N) is 7. The summed E-state index contributed by atoms with van der Waals surface area (Å²) in [6.45, 7) is 3.51. The normalized spacial score (nSPS) is 17.9. The number of nitriles is 1. The summed E-state index contributed by atoms with van der Waals surface area (Å²) in [4.78, 5) is 27.6. The molecule has 2 saturated heterocycles. The lowest BCUT2D eigenvalue weighted by molar-refractivity contribution is -0.0622. The van der Waals surface area contributed by atoms with Gasteiger partial charge in [-0.3, -0.25) is 9.58 Å². The van der Waals surface area contributed by atoms with Gasteiger partial charge in [-0.2, -0.15) is 10.2 Å². The lowest BCUT2D eigenvalue weighted by Crippen LogP contribution is -2.36. The van der Waals surface area contributed by atoms with Gasteiger partial charge in [-0.15, -0.1) is 0 Å². The van der Waals surface area contributed by atoms with Gasteiger partial charge in [0, 0.05) is 29.8 Å². The van der Waals surface area contributed by atoms with Crippen LogP contribution in [0.1, 0.15) is 58.3 Å². The minimum atomic E-state index is -1.05. The van der Waals surface area contributed by atoms with Crippen LogP contribution in [0.15, 0.2) is 42.6 Å². The van der Waals surface area contributed by atoms with Crippen molar-refractivity contribution in [3.63, 3.8) is 0 Å². The Morgan fingerprint density at radius 2 is 2.02 bits per heavy atom. The molecule has 11 nitrogen and oxygen atoms in total. The number of benzene rings is 1. The number of halogens is 1. The number of ether oxygens (including phenoxy) is 2. The average molecular weight is 546 g/mol. The molecule has 4 aromatic rings. The molecular weight excluding hydrogens is 517 g/mol. The minimum absolute atomic E-state index is 0.0258. The van der Waals surface area contributed by atoms with Gasteiger partial charge in [0.25, 0.3) is 5.78 Å². The van der Waals surface area contributed by atoms with E-state index >= 15 is 0 Å². The van der Waals surface area contributed by atoms with E-state index in [0.717, 1.165) is 43.9 Å². The van der Waals surface area contributed by atoms with E-state index in [-0.39, 0.29) is 29.9 Å². The number of imidazole rings is 1. The third-order valence-electron chi connectivity index (χ3n) is 7.55. The molecule has 0 saturated carbocycles. The lowest BCUT2D eigenvalue weighted by Gasteiger charge is -2.32. The van der Waals surface area contributed by atoms with Crippen LogP contribution < -0.4 is 4.74 Å². The maximum absolute atomic E-state index is 14.2. The third kappa shape index (κ3) is 5.25. The summed E-state index contributed by atoms with van der Waals surface area (Å²) in [7, 11) is 0. The Bertz CT molecular complexity index is 1580. The zero-order chi connectivity index (χ0) is 27.6. The maximum Gasteiger partial charge on any atom is 0.356 e. The molecule has 206 valence electrons. The van der Waals surface area contributed by atoms with Gasteiger partial charge in [0.1, 0.15) is 18.2 Å². The second kappa shape index (κ2) is 11.0. The smallest absolute Gasteiger partial charge is 0.356 e. The fraction of sp³-hybridized carbons (Fsp3) is 0.393. The van der Waals surface area contributed by atoms with E-state index in [4.69, 9.17) is 14.7 Å². The SMILES string of the molecule is N#Cc1ccc(COc2cccc(C3CCN(Cc4nc5ncc(C(=O)O)n5n4CC4CCO4)CC3)n2)c(F)c1. The molecule has 40 heavy (non-hydrogen) atoms. The van der Waals surface area contributed by atoms with Gasteiger partial charge in [-0.05, 0) is 50.6 Å². The Kier molecular flexibility index (Phi) is 7.15. The monoisotopic (exact) mass is 545 g/mol. The highest BCUT2D eigenvalue weighted by Crippen LogP contribution is 2.29. The number of aromatic carboxylic acids is 1. The van der Waals surface area contributed by atoms with Crippen molar-refractivity contribution >= 4 is 11.7 Å². The molecule has 12 heteroatoms. The fourth-order valence-electron chi connectivity index (χ4n) is 5.22. The van der Waals surface area contributed by atoms with Crippen LogP contribution in [0.4, 0.5) is 4.39 Å². The molecule has 5 heterocycles. The minimum Gasteiger partial charge on any atom is -0.476 e. The summed E-state index contributed by atoms with van der Waals surface area (Å²) in [5.74, 6) is 0.311. The molecule has 0 radical (unpaired) electrons. The first kappa shape index (κ1) is 25.9. The van der Waals surface area contributed by atoms with Crippen molar-refractivity contribution in [2.24, 2.45) is 0 Å². The maximum atomic E-state index is 14.2. The number of aromatic nitrogens is 5. The van der Waals surface area contributed by atoms with Gasteiger partial charge >= 0.3 is 5.97 Å². The van der Waals surface area contributed by atoms with E-state index in [1.165, 1.54) is 12.3 Å². The Balaban J connectivity index is 1.10. The van der Waals surface area contributed by atoms with Crippen molar-refractivity contribution in [3.05, 3.63) is 76.8 Å². The first-order valence-electron chi connectivity index (χ1n) is 13.3. The molecule has 2 fully saturated rings. The zero-order valence-electron chi connectivity index (χ0n) is 21.7. The summed E-state index contributed by atoms with van der Waals surface area (Å²) in [5.41, 5.74) is 1.65. The van der Waals surface area contributed by atoms with Gasteiger partial charge in [0.2, 0.25) is 5.88 Å². The molecule has 0 bridgehead atoms. The van der Waals surface area contributed by atoms with E-state index in [0.29, 0.717) is 36.9 Å². The average Bonchev–Trinajstić information content (AvgIpc) is 3.50. The standard InChI is InChI=1S/C28H28FN7O4/c29-22-12-18(13-30)4-5-20(22)17-40-26-3-1-2-23(32-26)19-6-9-34(10-7-19)16-25-33-28-31-14-24(27(37)38)36(28)35(25)15-21-8-11-39-21/h1-5,12,14,19,21H,6-11,15-17H2,(H,37,38).